The van der Waals surface area contributed by atoms with Crippen LogP contribution in [0.2, 0.25) is 0 Å². The van der Waals surface area contributed by atoms with Crippen LogP contribution in [0.1, 0.15) is 84.3 Å². The third-order valence-corrected chi connectivity index (χ3v) is 12.3. The van der Waals surface area contributed by atoms with Crippen LogP contribution in [0.15, 0.2) is 12.1 Å². The predicted octanol–water partition coefficient (Wildman–Crippen LogP) is 5.24. The van der Waals surface area contributed by atoms with E-state index in [1.54, 1.807) is 6.92 Å². The van der Waals surface area contributed by atoms with Crippen LogP contribution in [0.4, 0.5) is 4.79 Å². The van der Waals surface area contributed by atoms with Gasteiger partial charge in [-0.3, -0.25) is 4.90 Å². The van der Waals surface area contributed by atoms with E-state index in [2.05, 4.69) is 31.7 Å². The van der Waals surface area contributed by atoms with Gasteiger partial charge in [-0.1, -0.05) is 26.8 Å². The molecule has 7 atom stereocenters. The fourth-order valence-corrected chi connectivity index (χ4v) is 9.89. The molecule has 1 aromatic carbocycles. The lowest BCUT2D eigenvalue weighted by Gasteiger charge is -2.75. The van der Waals surface area contributed by atoms with E-state index in [4.69, 9.17) is 18.9 Å². The zero-order chi connectivity index (χ0) is 27.6. The minimum absolute atomic E-state index is 0.0359. The van der Waals surface area contributed by atoms with E-state index < -0.39 is 17.4 Å². The first-order chi connectivity index (χ1) is 18.4. The second kappa shape index (κ2) is 8.13. The van der Waals surface area contributed by atoms with Crippen LogP contribution in [0.25, 0.3) is 0 Å². The van der Waals surface area contributed by atoms with Gasteiger partial charge >= 0.3 is 6.16 Å². The molecular formula is C32H45NO6. The van der Waals surface area contributed by atoms with E-state index in [0.717, 1.165) is 44.6 Å². The number of fused-ring (bicyclic) bond motifs is 2. The number of benzene rings is 1. The number of carbonyl (C=O) groups excluding carboxylic acids is 1. The van der Waals surface area contributed by atoms with Crippen LogP contribution in [0.3, 0.4) is 0 Å². The van der Waals surface area contributed by atoms with Crippen LogP contribution >= 0.6 is 0 Å². The molecule has 3 unspecified atom stereocenters. The molecule has 2 aliphatic heterocycles. The van der Waals surface area contributed by atoms with Crippen molar-refractivity contribution in [3.8, 4) is 11.5 Å². The number of likely N-dealkylation sites (tertiary alicyclic amines) is 1. The highest BCUT2D eigenvalue weighted by Crippen LogP contribution is 2.78. The molecule has 1 saturated heterocycles. The van der Waals surface area contributed by atoms with Crippen molar-refractivity contribution in [1.29, 1.82) is 0 Å². The first-order valence-electron chi connectivity index (χ1n) is 15.1. The van der Waals surface area contributed by atoms with Gasteiger partial charge in [0.25, 0.3) is 0 Å². The molecule has 0 amide bonds. The van der Waals surface area contributed by atoms with Crippen LogP contribution in [0.5, 0.6) is 11.5 Å². The van der Waals surface area contributed by atoms with Crippen molar-refractivity contribution >= 4 is 6.16 Å². The van der Waals surface area contributed by atoms with E-state index >= 15 is 0 Å². The molecule has 0 radical (unpaired) electrons. The average Bonchev–Trinajstić information content (AvgIpc) is 3.62. The van der Waals surface area contributed by atoms with E-state index in [1.165, 1.54) is 30.5 Å². The highest BCUT2D eigenvalue weighted by molar-refractivity contribution is 5.70. The van der Waals surface area contributed by atoms with Crippen molar-refractivity contribution in [3.05, 3.63) is 23.3 Å². The molecule has 2 heterocycles. The lowest BCUT2D eigenvalue weighted by molar-refractivity contribution is -0.312. The minimum atomic E-state index is -0.962. The summed E-state index contributed by atoms with van der Waals surface area (Å²) in [6.07, 6.45) is 6.54. The van der Waals surface area contributed by atoms with Crippen LogP contribution in [-0.4, -0.2) is 66.3 Å². The quantitative estimate of drug-likeness (QED) is 0.391. The second-order valence-electron chi connectivity index (χ2n) is 14.6. The number of rotatable bonds is 6. The Hall–Kier alpha value is -1.83. The molecular weight excluding hydrogens is 494 g/mol. The fourth-order valence-electron chi connectivity index (χ4n) is 9.89. The monoisotopic (exact) mass is 539 g/mol. The molecule has 7 nitrogen and oxygen atoms in total. The maximum atomic E-state index is 12.4. The Bertz CT molecular complexity index is 1200. The SMILES string of the molecule is CCOC(=O)Oc1ccc2c3c1O[C@@H]1[C@]34CCN(CC3CC3)C(C2)[C@]42CC[C@@]1(OC)C(C(C)(O)C(C)(C)C)C2. The maximum absolute atomic E-state index is 12.4. The lowest BCUT2D eigenvalue weighted by atomic mass is 9.33. The summed E-state index contributed by atoms with van der Waals surface area (Å²) in [7, 11) is 1.81. The van der Waals surface area contributed by atoms with Gasteiger partial charge in [-0.15, -0.1) is 0 Å². The van der Waals surface area contributed by atoms with Crippen LogP contribution < -0.4 is 9.47 Å². The second-order valence-corrected chi connectivity index (χ2v) is 14.6. The summed E-state index contributed by atoms with van der Waals surface area (Å²) in [4.78, 5) is 15.2. The van der Waals surface area contributed by atoms with E-state index in [0.29, 0.717) is 17.5 Å². The number of methoxy groups -OCH3 is 1. The van der Waals surface area contributed by atoms with Gasteiger partial charge in [-0.05, 0) is 88.3 Å². The van der Waals surface area contributed by atoms with E-state index in [1.807, 2.05) is 20.1 Å². The highest BCUT2D eigenvalue weighted by atomic mass is 16.7. The Balaban J connectivity index is 1.43. The zero-order valence-corrected chi connectivity index (χ0v) is 24.5. The van der Waals surface area contributed by atoms with Crippen LogP contribution in [-0.2, 0) is 21.3 Å². The van der Waals surface area contributed by atoms with Gasteiger partial charge in [-0.2, -0.15) is 0 Å². The Morgan fingerprint density at radius 2 is 1.95 bits per heavy atom. The van der Waals surface area contributed by atoms with E-state index in [-0.39, 0.29) is 34.9 Å². The number of aliphatic hydroxyl groups is 1. The lowest BCUT2D eigenvalue weighted by Crippen LogP contribution is -2.83. The van der Waals surface area contributed by atoms with Gasteiger partial charge in [0.15, 0.2) is 11.5 Å². The summed E-state index contributed by atoms with van der Waals surface area (Å²) in [5, 5.41) is 12.3. The molecule has 4 bridgehead atoms. The molecule has 4 saturated carbocycles. The van der Waals surface area contributed by atoms with Crippen molar-refractivity contribution in [2.24, 2.45) is 22.7 Å². The molecule has 214 valence electrons. The van der Waals surface area contributed by atoms with Crippen molar-refractivity contribution in [2.45, 2.75) is 108 Å². The molecule has 1 aromatic rings. The molecule has 5 aliphatic carbocycles. The largest absolute Gasteiger partial charge is 0.513 e. The molecule has 0 aromatic heterocycles. The summed E-state index contributed by atoms with van der Waals surface area (Å²) in [5.74, 6) is 1.87. The Morgan fingerprint density at radius 1 is 1.18 bits per heavy atom. The predicted molar refractivity (Wildman–Crippen MR) is 146 cm³/mol. The smallest absolute Gasteiger partial charge is 0.482 e. The number of carbonyl (C=O) groups is 1. The molecule has 39 heavy (non-hydrogen) atoms. The molecule has 2 spiro atoms. The van der Waals surface area contributed by atoms with Gasteiger partial charge in [0.2, 0.25) is 0 Å². The molecule has 1 N–H and O–H groups in total. The van der Waals surface area contributed by atoms with Gasteiger partial charge in [0.05, 0.1) is 12.2 Å². The van der Waals surface area contributed by atoms with Gasteiger partial charge in [0.1, 0.15) is 11.7 Å². The highest BCUT2D eigenvalue weighted by Gasteiger charge is 2.82. The summed E-state index contributed by atoms with van der Waals surface area (Å²) in [6, 6.07) is 4.45. The van der Waals surface area contributed by atoms with Crippen molar-refractivity contribution in [1.82, 2.24) is 4.90 Å². The van der Waals surface area contributed by atoms with Gasteiger partial charge in [0, 0.05) is 42.0 Å². The topological polar surface area (TPSA) is 77.5 Å². The van der Waals surface area contributed by atoms with Crippen molar-refractivity contribution in [2.75, 3.05) is 26.8 Å². The summed E-state index contributed by atoms with van der Waals surface area (Å²) in [5.41, 5.74) is 0.354. The Kier molecular flexibility index (Phi) is 5.44. The summed E-state index contributed by atoms with van der Waals surface area (Å²) >= 11 is 0. The molecule has 8 rings (SSSR count). The van der Waals surface area contributed by atoms with E-state index in [9.17, 15) is 9.90 Å². The standard InChI is InChI=1S/C32H45NO6/c1-7-37-27(34)38-21-11-10-20-16-23-30-12-13-32(36-6,22(17-30)29(5,35)28(2,3)4)26-31(30,24(20)25(21)39-26)14-15-33(23)18-19-8-9-19/h10-11,19,22-23,26,35H,7-9,12-18H2,1-6H3/t22?,23?,26-,29?,30-,31+,32-/m1/s1. The van der Waals surface area contributed by atoms with Crippen molar-refractivity contribution in [3.63, 3.8) is 0 Å². The van der Waals surface area contributed by atoms with Gasteiger partial charge < -0.3 is 24.1 Å². The number of nitrogens with zero attached hydrogens (tertiary/aromatic N) is 1. The fraction of sp³-hybridized carbons (Fsp3) is 0.781. The number of piperidine rings is 1. The molecule has 7 aliphatic rings. The number of hydrogen-bond acceptors (Lipinski definition) is 7. The third-order valence-electron chi connectivity index (χ3n) is 12.3. The Morgan fingerprint density at radius 3 is 2.62 bits per heavy atom. The molecule has 5 fully saturated rings. The van der Waals surface area contributed by atoms with Crippen LogP contribution in [0, 0.1) is 22.7 Å². The summed E-state index contributed by atoms with van der Waals surface area (Å²) in [6.45, 7) is 12.7. The molecule has 7 heteroatoms. The number of ether oxygens (including phenoxy) is 4. The summed E-state index contributed by atoms with van der Waals surface area (Å²) < 4.78 is 24.6. The third kappa shape index (κ3) is 3.13. The van der Waals surface area contributed by atoms with Crippen molar-refractivity contribution < 1.29 is 28.8 Å². The Labute approximate surface area is 232 Å². The maximum Gasteiger partial charge on any atom is 0.513 e. The number of hydrogen-bond donors (Lipinski definition) is 1. The normalized spacial score (nSPS) is 39.5. The average molecular weight is 540 g/mol. The van der Waals surface area contributed by atoms with Gasteiger partial charge in [-0.25, -0.2) is 4.79 Å². The first-order valence-corrected chi connectivity index (χ1v) is 15.1. The minimum Gasteiger partial charge on any atom is -0.482 e. The zero-order valence-electron chi connectivity index (χ0n) is 24.5. The first kappa shape index (κ1) is 26.1.